The summed E-state index contributed by atoms with van der Waals surface area (Å²) in [6.07, 6.45) is 1.81. The van der Waals surface area contributed by atoms with E-state index in [4.69, 9.17) is 4.42 Å². The lowest BCUT2D eigenvalue weighted by Gasteiger charge is -1.95. The minimum atomic E-state index is 0.565. The first-order valence-electron chi connectivity index (χ1n) is 4.94. The van der Waals surface area contributed by atoms with E-state index in [-0.39, 0.29) is 0 Å². The highest BCUT2D eigenvalue weighted by molar-refractivity contribution is 7.99. The first-order valence-corrected chi connectivity index (χ1v) is 5.92. The summed E-state index contributed by atoms with van der Waals surface area (Å²) in [6.45, 7) is 5.68. The molecule has 2 aromatic rings. The van der Waals surface area contributed by atoms with Gasteiger partial charge in [0.1, 0.15) is 0 Å². The molecule has 0 aliphatic carbocycles. The summed E-state index contributed by atoms with van der Waals surface area (Å²) in [5.74, 6) is 1.34. The summed E-state index contributed by atoms with van der Waals surface area (Å²) in [5, 5.41) is 8.55. The highest BCUT2D eigenvalue weighted by atomic mass is 32.2. The van der Waals surface area contributed by atoms with E-state index in [1.165, 1.54) is 17.3 Å². The second-order valence-electron chi connectivity index (χ2n) is 3.34. The van der Waals surface area contributed by atoms with Crippen LogP contribution in [0.2, 0.25) is 0 Å². The summed E-state index contributed by atoms with van der Waals surface area (Å²) >= 11 is 1.48. The third-order valence-electron chi connectivity index (χ3n) is 2.00. The SMILES string of the molecule is C=CCSc1nnc(-c2cccc(C)c2)o1. The lowest BCUT2D eigenvalue weighted by atomic mass is 10.1. The number of benzene rings is 1. The number of hydrogen-bond acceptors (Lipinski definition) is 4. The zero-order chi connectivity index (χ0) is 11.4. The molecule has 0 unspecified atom stereocenters. The lowest BCUT2D eigenvalue weighted by molar-refractivity contribution is 0.466. The molecule has 0 atom stereocenters. The molecule has 0 spiro atoms. The summed E-state index contributed by atoms with van der Waals surface area (Å²) in [6, 6.07) is 8.00. The van der Waals surface area contributed by atoms with Crippen LogP contribution in [0.4, 0.5) is 0 Å². The van der Waals surface area contributed by atoms with Crippen molar-refractivity contribution in [2.24, 2.45) is 0 Å². The van der Waals surface area contributed by atoms with Crippen molar-refractivity contribution in [2.45, 2.75) is 12.1 Å². The molecule has 3 nitrogen and oxygen atoms in total. The van der Waals surface area contributed by atoms with Crippen LogP contribution in [0.1, 0.15) is 5.56 Å². The van der Waals surface area contributed by atoms with E-state index in [2.05, 4.69) is 16.8 Å². The maximum absolute atomic E-state index is 5.52. The Bertz CT molecular complexity index is 493. The number of aromatic nitrogens is 2. The van der Waals surface area contributed by atoms with Crippen LogP contribution in [0.5, 0.6) is 0 Å². The van der Waals surface area contributed by atoms with Crippen molar-refractivity contribution in [2.75, 3.05) is 5.75 Å². The van der Waals surface area contributed by atoms with E-state index in [0.29, 0.717) is 11.1 Å². The van der Waals surface area contributed by atoms with Crippen LogP contribution in [0, 0.1) is 6.92 Å². The Morgan fingerprint density at radius 2 is 2.31 bits per heavy atom. The van der Waals surface area contributed by atoms with Crippen LogP contribution in [0.25, 0.3) is 11.5 Å². The molecule has 0 aliphatic heterocycles. The van der Waals surface area contributed by atoms with Gasteiger partial charge in [0.05, 0.1) is 0 Å². The predicted octanol–water partition coefficient (Wildman–Crippen LogP) is 3.32. The molecule has 1 aromatic heterocycles. The molecule has 2 rings (SSSR count). The highest BCUT2D eigenvalue weighted by Crippen LogP contribution is 2.23. The largest absolute Gasteiger partial charge is 0.411 e. The van der Waals surface area contributed by atoms with Gasteiger partial charge in [0.25, 0.3) is 5.22 Å². The minimum absolute atomic E-state index is 0.565. The zero-order valence-electron chi connectivity index (χ0n) is 9.01. The van der Waals surface area contributed by atoms with Crippen LogP contribution >= 0.6 is 11.8 Å². The van der Waals surface area contributed by atoms with E-state index < -0.39 is 0 Å². The van der Waals surface area contributed by atoms with Gasteiger partial charge in [0.15, 0.2) is 0 Å². The van der Waals surface area contributed by atoms with Crippen LogP contribution < -0.4 is 0 Å². The molecule has 1 heterocycles. The average molecular weight is 232 g/mol. The van der Waals surface area contributed by atoms with E-state index in [0.717, 1.165) is 11.3 Å². The molecular weight excluding hydrogens is 220 g/mol. The molecular formula is C12H12N2OS. The zero-order valence-corrected chi connectivity index (χ0v) is 9.83. The average Bonchev–Trinajstić information content (AvgIpc) is 2.75. The maximum Gasteiger partial charge on any atom is 0.277 e. The van der Waals surface area contributed by atoms with Crippen LogP contribution in [-0.4, -0.2) is 16.0 Å². The van der Waals surface area contributed by atoms with Crippen molar-refractivity contribution in [3.8, 4) is 11.5 Å². The van der Waals surface area contributed by atoms with Gasteiger partial charge in [-0.1, -0.05) is 35.5 Å². The van der Waals surface area contributed by atoms with Gasteiger partial charge in [-0.15, -0.1) is 16.8 Å². The topological polar surface area (TPSA) is 38.9 Å². The van der Waals surface area contributed by atoms with Crippen LogP contribution in [0.15, 0.2) is 46.6 Å². The minimum Gasteiger partial charge on any atom is -0.411 e. The first kappa shape index (κ1) is 11.0. The Hall–Kier alpha value is -1.55. The van der Waals surface area contributed by atoms with E-state index >= 15 is 0 Å². The number of aryl methyl sites for hydroxylation is 1. The molecule has 1 aromatic carbocycles. The summed E-state index contributed by atoms with van der Waals surface area (Å²) in [7, 11) is 0. The van der Waals surface area contributed by atoms with Crippen molar-refractivity contribution in [3.63, 3.8) is 0 Å². The summed E-state index contributed by atoms with van der Waals surface area (Å²) in [5.41, 5.74) is 2.13. The summed E-state index contributed by atoms with van der Waals surface area (Å²) < 4.78 is 5.52. The van der Waals surface area contributed by atoms with E-state index in [1.807, 2.05) is 31.2 Å². The Morgan fingerprint density at radius 3 is 3.06 bits per heavy atom. The van der Waals surface area contributed by atoms with Crippen molar-refractivity contribution < 1.29 is 4.42 Å². The van der Waals surface area contributed by atoms with Crippen molar-refractivity contribution in [3.05, 3.63) is 42.5 Å². The van der Waals surface area contributed by atoms with Gasteiger partial charge in [-0.25, -0.2) is 0 Å². The number of rotatable bonds is 4. The van der Waals surface area contributed by atoms with Crippen molar-refractivity contribution in [1.29, 1.82) is 0 Å². The monoisotopic (exact) mass is 232 g/mol. The van der Waals surface area contributed by atoms with Gasteiger partial charge in [-0.3, -0.25) is 0 Å². The standard InChI is InChI=1S/C12H12N2OS/c1-3-7-16-12-14-13-11(15-12)10-6-4-5-9(2)8-10/h3-6,8H,1,7H2,2H3. The number of hydrogen-bond donors (Lipinski definition) is 0. The molecule has 0 aliphatic rings. The lowest BCUT2D eigenvalue weighted by Crippen LogP contribution is -1.78. The van der Waals surface area contributed by atoms with E-state index in [1.54, 1.807) is 6.08 Å². The fourth-order valence-corrected chi connectivity index (χ4v) is 1.79. The van der Waals surface area contributed by atoms with Gasteiger partial charge in [-0.2, -0.15) is 0 Å². The van der Waals surface area contributed by atoms with Gasteiger partial charge in [0.2, 0.25) is 5.89 Å². The molecule has 0 saturated carbocycles. The molecule has 82 valence electrons. The fraction of sp³-hybridized carbons (Fsp3) is 0.167. The molecule has 0 N–H and O–H groups in total. The van der Waals surface area contributed by atoms with Crippen molar-refractivity contribution >= 4 is 11.8 Å². The van der Waals surface area contributed by atoms with Gasteiger partial charge in [0, 0.05) is 11.3 Å². The fourth-order valence-electron chi connectivity index (χ4n) is 1.29. The second-order valence-corrected chi connectivity index (χ2v) is 4.31. The third-order valence-corrected chi connectivity index (χ3v) is 2.81. The maximum atomic E-state index is 5.52. The van der Waals surface area contributed by atoms with Gasteiger partial charge < -0.3 is 4.42 Å². The van der Waals surface area contributed by atoms with Gasteiger partial charge >= 0.3 is 0 Å². The normalized spacial score (nSPS) is 10.3. The summed E-state index contributed by atoms with van der Waals surface area (Å²) in [4.78, 5) is 0. The predicted molar refractivity (Wildman–Crippen MR) is 65.4 cm³/mol. The molecule has 16 heavy (non-hydrogen) atoms. The Balaban J connectivity index is 2.21. The number of nitrogens with zero attached hydrogens (tertiary/aromatic N) is 2. The quantitative estimate of drug-likeness (QED) is 0.598. The first-order chi connectivity index (χ1) is 7.79. The van der Waals surface area contributed by atoms with Gasteiger partial charge in [-0.05, 0) is 19.1 Å². The molecule has 0 bridgehead atoms. The molecule has 0 fully saturated rings. The Kier molecular flexibility index (Phi) is 3.41. The van der Waals surface area contributed by atoms with Crippen LogP contribution in [-0.2, 0) is 0 Å². The molecule has 0 saturated heterocycles. The molecule has 0 amide bonds. The van der Waals surface area contributed by atoms with E-state index in [9.17, 15) is 0 Å². The smallest absolute Gasteiger partial charge is 0.277 e. The molecule has 0 radical (unpaired) electrons. The Morgan fingerprint density at radius 1 is 1.44 bits per heavy atom. The second kappa shape index (κ2) is 4.99. The van der Waals surface area contributed by atoms with Crippen LogP contribution in [0.3, 0.4) is 0 Å². The highest BCUT2D eigenvalue weighted by Gasteiger charge is 2.07. The Labute approximate surface area is 98.6 Å². The van der Waals surface area contributed by atoms with Crippen molar-refractivity contribution in [1.82, 2.24) is 10.2 Å². The third kappa shape index (κ3) is 2.52. The number of thioether (sulfide) groups is 1. The molecule has 4 heteroatoms.